The highest BCUT2D eigenvalue weighted by Crippen LogP contribution is 2.17. The average molecular weight is 216 g/mol. The monoisotopic (exact) mass is 215 g/mol. The lowest BCUT2D eigenvalue weighted by Gasteiger charge is -1.84. The van der Waals surface area contributed by atoms with Gasteiger partial charge in [-0.05, 0) is 22.0 Å². The van der Waals surface area contributed by atoms with E-state index >= 15 is 0 Å². The standard InChI is InChI=1S/C6H2BrNO3/c7-5-4(1-2-11-5)6(10)8-3-9/h1-2H. The van der Waals surface area contributed by atoms with Gasteiger partial charge in [0.05, 0.1) is 11.8 Å². The summed E-state index contributed by atoms with van der Waals surface area (Å²) in [5.41, 5.74) is 0.216. The lowest BCUT2D eigenvalue weighted by Crippen LogP contribution is -1.91. The minimum absolute atomic E-state index is 0.216. The van der Waals surface area contributed by atoms with Crippen LogP contribution in [0.1, 0.15) is 10.4 Å². The molecule has 11 heavy (non-hydrogen) atoms. The quantitative estimate of drug-likeness (QED) is 0.528. The molecule has 4 nitrogen and oxygen atoms in total. The zero-order valence-electron chi connectivity index (χ0n) is 5.20. The van der Waals surface area contributed by atoms with Gasteiger partial charge in [0.25, 0.3) is 5.91 Å². The fraction of sp³-hybridized carbons (Fsp3) is 0. The molecular formula is C6H2BrNO3. The van der Waals surface area contributed by atoms with E-state index in [2.05, 4.69) is 20.9 Å². The van der Waals surface area contributed by atoms with Gasteiger partial charge in [0, 0.05) is 0 Å². The number of furan rings is 1. The number of rotatable bonds is 1. The van der Waals surface area contributed by atoms with Crippen LogP contribution >= 0.6 is 15.9 Å². The normalized spacial score (nSPS) is 8.82. The molecule has 1 aromatic rings. The maximum absolute atomic E-state index is 10.8. The zero-order valence-corrected chi connectivity index (χ0v) is 6.79. The largest absolute Gasteiger partial charge is 0.457 e. The smallest absolute Gasteiger partial charge is 0.292 e. The Hall–Kier alpha value is -1.19. The van der Waals surface area contributed by atoms with E-state index in [1.54, 1.807) is 0 Å². The van der Waals surface area contributed by atoms with Gasteiger partial charge in [-0.15, -0.1) is 4.99 Å². The van der Waals surface area contributed by atoms with Crippen molar-refractivity contribution in [3.63, 3.8) is 0 Å². The second-order valence-corrected chi connectivity index (χ2v) is 2.34. The Morgan fingerprint density at radius 3 is 2.91 bits per heavy atom. The fourth-order valence-electron chi connectivity index (χ4n) is 0.548. The van der Waals surface area contributed by atoms with Crippen LogP contribution in [0.5, 0.6) is 0 Å². The van der Waals surface area contributed by atoms with Gasteiger partial charge in [-0.2, -0.15) is 0 Å². The van der Waals surface area contributed by atoms with Gasteiger partial charge in [-0.3, -0.25) is 4.79 Å². The van der Waals surface area contributed by atoms with Crippen molar-refractivity contribution < 1.29 is 14.0 Å². The van der Waals surface area contributed by atoms with Crippen LogP contribution in [0.15, 0.2) is 26.4 Å². The van der Waals surface area contributed by atoms with Gasteiger partial charge in [0.1, 0.15) is 0 Å². The predicted molar refractivity (Wildman–Crippen MR) is 38.9 cm³/mol. The summed E-state index contributed by atoms with van der Waals surface area (Å²) < 4.78 is 5.00. The maximum atomic E-state index is 10.8. The molecular weight excluding hydrogens is 214 g/mol. The highest BCUT2D eigenvalue weighted by atomic mass is 79.9. The molecule has 0 atom stereocenters. The van der Waals surface area contributed by atoms with Crippen molar-refractivity contribution in [3.05, 3.63) is 22.6 Å². The van der Waals surface area contributed by atoms with E-state index in [9.17, 15) is 9.59 Å². The van der Waals surface area contributed by atoms with E-state index in [4.69, 9.17) is 4.42 Å². The summed E-state index contributed by atoms with van der Waals surface area (Å²) in [6.45, 7) is 0. The van der Waals surface area contributed by atoms with Crippen LogP contribution in [-0.4, -0.2) is 12.0 Å². The molecule has 0 aliphatic carbocycles. The zero-order chi connectivity index (χ0) is 8.27. The number of nitrogens with zero attached hydrogens (tertiary/aromatic N) is 1. The number of halogens is 1. The first-order valence-corrected chi connectivity index (χ1v) is 3.40. The summed E-state index contributed by atoms with van der Waals surface area (Å²) in [5.74, 6) is -0.666. The van der Waals surface area contributed by atoms with Crippen molar-refractivity contribution in [2.45, 2.75) is 0 Å². The van der Waals surface area contributed by atoms with Crippen LogP contribution in [0.3, 0.4) is 0 Å². The summed E-state index contributed by atoms with van der Waals surface area (Å²) in [4.78, 5) is 23.4. The number of amides is 1. The van der Waals surface area contributed by atoms with Crippen LogP contribution in [0, 0.1) is 0 Å². The van der Waals surface area contributed by atoms with Crippen LogP contribution in [0.25, 0.3) is 0 Å². The average Bonchev–Trinajstić information content (AvgIpc) is 2.36. The molecule has 0 aliphatic rings. The highest BCUT2D eigenvalue weighted by Gasteiger charge is 2.10. The number of hydrogen-bond acceptors (Lipinski definition) is 3. The molecule has 0 bridgehead atoms. The first kappa shape index (κ1) is 7.91. The Morgan fingerprint density at radius 2 is 2.45 bits per heavy atom. The van der Waals surface area contributed by atoms with Crippen molar-refractivity contribution in [3.8, 4) is 0 Å². The van der Waals surface area contributed by atoms with Gasteiger partial charge >= 0.3 is 0 Å². The van der Waals surface area contributed by atoms with E-state index in [1.807, 2.05) is 0 Å². The van der Waals surface area contributed by atoms with Crippen molar-refractivity contribution >= 4 is 27.9 Å². The highest BCUT2D eigenvalue weighted by molar-refractivity contribution is 9.10. The van der Waals surface area contributed by atoms with Gasteiger partial charge < -0.3 is 4.42 Å². The lowest BCUT2D eigenvalue weighted by atomic mass is 10.3. The second-order valence-electron chi connectivity index (χ2n) is 1.62. The Morgan fingerprint density at radius 1 is 1.73 bits per heavy atom. The van der Waals surface area contributed by atoms with E-state index in [0.717, 1.165) is 6.08 Å². The Bertz CT molecular complexity index is 324. The molecule has 56 valence electrons. The molecule has 0 aliphatic heterocycles. The third-order valence-corrected chi connectivity index (χ3v) is 1.61. The molecule has 0 saturated carbocycles. The second kappa shape index (κ2) is 3.27. The summed E-state index contributed by atoms with van der Waals surface area (Å²) in [5, 5.41) is 0. The molecule has 0 unspecified atom stereocenters. The summed E-state index contributed by atoms with van der Waals surface area (Å²) in [7, 11) is 0. The SMILES string of the molecule is O=C=NC(=O)c1ccoc1Br. The third-order valence-electron chi connectivity index (χ3n) is 0.996. The fourth-order valence-corrected chi connectivity index (χ4v) is 0.958. The van der Waals surface area contributed by atoms with Gasteiger partial charge in [-0.25, -0.2) is 4.79 Å². The first-order chi connectivity index (χ1) is 5.25. The Balaban J connectivity index is 3.02. The van der Waals surface area contributed by atoms with Gasteiger partial charge in [0.15, 0.2) is 4.67 Å². The van der Waals surface area contributed by atoms with Crippen molar-refractivity contribution in [1.82, 2.24) is 0 Å². The number of isocyanates is 1. The van der Waals surface area contributed by atoms with Crippen molar-refractivity contribution in [2.75, 3.05) is 0 Å². The Kier molecular flexibility index (Phi) is 2.36. The summed E-state index contributed by atoms with van der Waals surface area (Å²) >= 11 is 2.96. The van der Waals surface area contributed by atoms with Crippen molar-refractivity contribution in [1.29, 1.82) is 0 Å². The minimum Gasteiger partial charge on any atom is -0.457 e. The van der Waals surface area contributed by atoms with Crippen LogP contribution in [0.2, 0.25) is 0 Å². The van der Waals surface area contributed by atoms with Crippen LogP contribution < -0.4 is 0 Å². The molecule has 0 radical (unpaired) electrons. The Labute approximate surface area is 70.0 Å². The molecule has 0 saturated heterocycles. The molecule has 0 N–H and O–H groups in total. The molecule has 0 spiro atoms. The van der Waals surface area contributed by atoms with E-state index in [-0.39, 0.29) is 10.2 Å². The van der Waals surface area contributed by atoms with Crippen LogP contribution in [-0.2, 0) is 4.79 Å². The lowest BCUT2D eigenvalue weighted by molar-refractivity contribution is 0.100. The molecule has 1 rings (SSSR count). The molecule has 5 heteroatoms. The topological polar surface area (TPSA) is 59.6 Å². The number of carbonyl (C=O) groups is 1. The third kappa shape index (κ3) is 1.63. The molecule has 0 aromatic carbocycles. The van der Waals surface area contributed by atoms with Crippen molar-refractivity contribution in [2.24, 2.45) is 4.99 Å². The van der Waals surface area contributed by atoms with E-state index in [1.165, 1.54) is 12.3 Å². The molecule has 1 amide bonds. The van der Waals surface area contributed by atoms with E-state index in [0.29, 0.717) is 0 Å². The van der Waals surface area contributed by atoms with Crippen LogP contribution in [0.4, 0.5) is 0 Å². The molecule has 1 heterocycles. The summed E-state index contributed by atoms with van der Waals surface area (Å²) in [6, 6.07) is 1.41. The number of carbonyl (C=O) groups excluding carboxylic acids is 2. The molecule has 0 fully saturated rings. The predicted octanol–water partition coefficient (Wildman–Crippen LogP) is 1.52. The molecule has 1 aromatic heterocycles. The van der Waals surface area contributed by atoms with Gasteiger partial charge in [0.2, 0.25) is 6.08 Å². The minimum atomic E-state index is -0.666. The first-order valence-electron chi connectivity index (χ1n) is 2.61. The van der Waals surface area contributed by atoms with Gasteiger partial charge in [-0.1, -0.05) is 0 Å². The maximum Gasteiger partial charge on any atom is 0.292 e. The van der Waals surface area contributed by atoms with E-state index < -0.39 is 5.91 Å². The summed E-state index contributed by atoms with van der Waals surface area (Å²) in [6.07, 6.45) is 2.46. The number of hydrogen-bond donors (Lipinski definition) is 0. The number of aliphatic imine (C=N–C) groups is 1.